The third-order valence-corrected chi connectivity index (χ3v) is 3.36. The number of esters is 1. The van der Waals surface area contributed by atoms with Crippen molar-refractivity contribution in [3.63, 3.8) is 0 Å². The monoisotopic (exact) mass is 307 g/mol. The fourth-order valence-corrected chi connectivity index (χ4v) is 2.00. The molecule has 0 saturated heterocycles. The number of rotatable bonds is 3. The maximum absolute atomic E-state index is 12.4. The van der Waals surface area contributed by atoms with Crippen LogP contribution in [0, 0.1) is 11.8 Å². The van der Waals surface area contributed by atoms with Crippen LogP contribution in [0.3, 0.4) is 0 Å². The van der Waals surface area contributed by atoms with E-state index in [2.05, 4.69) is 21.9 Å². The Morgan fingerprint density at radius 2 is 1.70 bits per heavy atom. The molecule has 0 fully saturated rings. The predicted octanol–water partition coefficient (Wildman–Crippen LogP) is 2.95. The molecular weight excluding hydrogens is 290 g/mol. The summed E-state index contributed by atoms with van der Waals surface area (Å²) in [5.41, 5.74) is 2.06. The van der Waals surface area contributed by atoms with Gasteiger partial charge in [0.2, 0.25) is 5.91 Å². The molecule has 0 saturated carbocycles. The van der Waals surface area contributed by atoms with Gasteiger partial charge in [0.25, 0.3) is 0 Å². The molecule has 4 nitrogen and oxygen atoms in total. The third kappa shape index (κ3) is 4.45. The van der Waals surface area contributed by atoms with E-state index in [1.165, 1.54) is 7.11 Å². The Morgan fingerprint density at radius 3 is 2.39 bits per heavy atom. The van der Waals surface area contributed by atoms with E-state index >= 15 is 0 Å². The number of benzene rings is 2. The summed E-state index contributed by atoms with van der Waals surface area (Å²) in [4.78, 5) is 23.5. The molecule has 1 N–H and O–H groups in total. The minimum atomic E-state index is -0.621. The molecule has 0 aliphatic heterocycles. The molecule has 4 heteroatoms. The van der Waals surface area contributed by atoms with E-state index in [0.717, 1.165) is 5.56 Å². The van der Waals surface area contributed by atoms with Gasteiger partial charge in [0.05, 0.1) is 18.7 Å². The molecule has 0 aliphatic carbocycles. The molecule has 0 bridgehead atoms. The average molecular weight is 307 g/mol. The zero-order valence-electron chi connectivity index (χ0n) is 13.0. The lowest BCUT2D eigenvalue weighted by atomic mass is 10.0. The Balaban J connectivity index is 2.18. The Bertz CT molecular complexity index is 757. The van der Waals surface area contributed by atoms with Crippen molar-refractivity contribution in [2.75, 3.05) is 12.4 Å². The van der Waals surface area contributed by atoms with E-state index in [4.69, 9.17) is 0 Å². The highest BCUT2D eigenvalue weighted by Crippen LogP contribution is 2.19. The third-order valence-electron chi connectivity index (χ3n) is 3.36. The molecule has 116 valence electrons. The van der Waals surface area contributed by atoms with E-state index in [1.54, 1.807) is 24.3 Å². The molecule has 23 heavy (non-hydrogen) atoms. The zero-order chi connectivity index (χ0) is 16.7. The predicted molar refractivity (Wildman–Crippen MR) is 88.8 cm³/mol. The van der Waals surface area contributed by atoms with Gasteiger partial charge in [-0.2, -0.15) is 0 Å². The quantitative estimate of drug-likeness (QED) is 0.700. The number of amides is 1. The first-order valence-corrected chi connectivity index (χ1v) is 7.16. The highest BCUT2D eigenvalue weighted by atomic mass is 16.5. The highest BCUT2D eigenvalue weighted by molar-refractivity contribution is 5.97. The van der Waals surface area contributed by atoms with Crippen molar-refractivity contribution >= 4 is 17.6 Å². The minimum absolute atomic E-state index is 0.136. The molecule has 2 aromatic rings. The second-order valence-corrected chi connectivity index (χ2v) is 4.91. The van der Waals surface area contributed by atoms with Crippen LogP contribution in [0.1, 0.15) is 24.0 Å². The molecule has 2 rings (SSSR count). The van der Waals surface area contributed by atoms with Gasteiger partial charge < -0.3 is 10.1 Å². The van der Waals surface area contributed by atoms with Gasteiger partial charge in [-0.25, -0.2) is 4.79 Å². The lowest BCUT2D eigenvalue weighted by Crippen LogP contribution is -2.19. The maximum Gasteiger partial charge on any atom is 0.384 e. The number of carbonyl (C=O) groups is 2. The van der Waals surface area contributed by atoms with Crippen molar-refractivity contribution in [3.05, 3.63) is 65.7 Å². The molecule has 2 aromatic carbocycles. The first-order valence-electron chi connectivity index (χ1n) is 7.16. The summed E-state index contributed by atoms with van der Waals surface area (Å²) in [5, 5.41) is 2.86. The van der Waals surface area contributed by atoms with Crippen LogP contribution >= 0.6 is 0 Å². The summed E-state index contributed by atoms with van der Waals surface area (Å²) < 4.78 is 4.49. The van der Waals surface area contributed by atoms with Crippen LogP contribution in [-0.2, 0) is 14.3 Å². The molecule has 0 aromatic heterocycles. The Morgan fingerprint density at radius 1 is 1.04 bits per heavy atom. The average Bonchev–Trinajstić information content (AvgIpc) is 2.60. The normalized spacial score (nSPS) is 10.9. The van der Waals surface area contributed by atoms with Gasteiger partial charge in [-0.15, -0.1) is 0 Å². The van der Waals surface area contributed by atoms with Crippen molar-refractivity contribution in [2.45, 2.75) is 12.8 Å². The second-order valence-electron chi connectivity index (χ2n) is 4.91. The molecule has 1 unspecified atom stereocenters. The van der Waals surface area contributed by atoms with Crippen LogP contribution in [0.2, 0.25) is 0 Å². The van der Waals surface area contributed by atoms with Crippen LogP contribution in [0.5, 0.6) is 0 Å². The van der Waals surface area contributed by atoms with E-state index in [1.807, 2.05) is 37.3 Å². The van der Waals surface area contributed by atoms with Gasteiger partial charge >= 0.3 is 5.97 Å². The number of methoxy groups -OCH3 is 1. The maximum atomic E-state index is 12.4. The van der Waals surface area contributed by atoms with Gasteiger partial charge in [-0.05, 0) is 24.6 Å². The summed E-state index contributed by atoms with van der Waals surface area (Å²) in [5.74, 6) is 4.02. The smallest absolute Gasteiger partial charge is 0.384 e. The SMILES string of the molecule is COC(=O)C#Cc1ccccc1NC(=O)C(C)c1ccccc1. The number of hydrogen-bond donors (Lipinski definition) is 1. The van der Waals surface area contributed by atoms with Gasteiger partial charge in [0.15, 0.2) is 0 Å². The Labute approximate surface area is 135 Å². The van der Waals surface area contributed by atoms with Gasteiger partial charge in [0.1, 0.15) is 0 Å². The summed E-state index contributed by atoms with van der Waals surface area (Å²) in [6.07, 6.45) is 0. The number of nitrogens with one attached hydrogen (secondary N) is 1. The van der Waals surface area contributed by atoms with Crippen molar-refractivity contribution in [1.29, 1.82) is 0 Å². The standard InChI is InChI=1S/C19H17NO3/c1-14(15-8-4-3-5-9-15)19(22)20-17-11-7-6-10-16(17)12-13-18(21)23-2/h3-11,14H,1-2H3,(H,20,22). The van der Waals surface area contributed by atoms with Crippen LogP contribution < -0.4 is 5.32 Å². The Kier molecular flexibility index (Phi) is 5.54. The highest BCUT2D eigenvalue weighted by Gasteiger charge is 2.15. The van der Waals surface area contributed by atoms with Gasteiger partial charge in [-0.1, -0.05) is 48.4 Å². The molecule has 0 radical (unpaired) electrons. The molecule has 0 aliphatic rings. The number of carbonyl (C=O) groups excluding carboxylic acids is 2. The number of ether oxygens (including phenoxy) is 1. The summed E-state index contributed by atoms with van der Waals surface area (Å²) in [6, 6.07) is 16.6. The molecule has 1 atom stereocenters. The van der Waals surface area contributed by atoms with Crippen molar-refractivity contribution in [3.8, 4) is 11.8 Å². The van der Waals surface area contributed by atoms with E-state index < -0.39 is 5.97 Å². The minimum Gasteiger partial charge on any atom is -0.459 e. The number of anilines is 1. The van der Waals surface area contributed by atoms with E-state index in [9.17, 15) is 9.59 Å². The van der Waals surface area contributed by atoms with Gasteiger partial charge in [0, 0.05) is 11.5 Å². The first kappa shape index (κ1) is 16.3. The van der Waals surface area contributed by atoms with Crippen molar-refractivity contribution in [1.82, 2.24) is 0 Å². The lowest BCUT2D eigenvalue weighted by Gasteiger charge is -2.13. The van der Waals surface area contributed by atoms with Gasteiger partial charge in [-0.3, -0.25) is 4.79 Å². The summed E-state index contributed by atoms with van der Waals surface area (Å²) in [6.45, 7) is 1.84. The molecule has 0 heterocycles. The fourth-order valence-electron chi connectivity index (χ4n) is 2.00. The Hall–Kier alpha value is -3.06. The first-order chi connectivity index (χ1) is 11.1. The largest absolute Gasteiger partial charge is 0.459 e. The lowest BCUT2D eigenvalue weighted by molar-refractivity contribution is -0.133. The second kappa shape index (κ2) is 7.81. The molecule has 1 amide bonds. The molecular formula is C19H17NO3. The van der Waals surface area contributed by atoms with Crippen LogP contribution in [0.4, 0.5) is 5.69 Å². The zero-order valence-corrected chi connectivity index (χ0v) is 13.0. The van der Waals surface area contributed by atoms with Crippen molar-refractivity contribution in [2.24, 2.45) is 0 Å². The molecule has 0 spiro atoms. The van der Waals surface area contributed by atoms with E-state index in [0.29, 0.717) is 11.3 Å². The summed E-state index contributed by atoms with van der Waals surface area (Å²) >= 11 is 0. The number of para-hydroxylation sites is 1. The van der Waals surface area contributed by atoms with Crippen LogP contribution in [0.15, 0.2) is 54.6 Å². The van der Waals surface area contributed by atoms with Crippen molar-refractivity contribution < 1.29 is 14.3 Å². The fraction of sp³-hybridized carbons (Fsp3) is 0.158. The van der Waals surface area contributed by atoms with Crippen LogP contribution in [-0.4, -0.2) is 19.0 Å². The topological polar surface area (TPSA) is 55.4 Å². The summed E-state index contributed by atoms with van der Waals surface area (Å²) in [7, 11) is 1.27. The van der Waals surface area contributed by atoms with E-state index in [-0.39, 0.29) is 11.8 Å². The number of hydrogen-bond acceptors (Lipinski definition) is 3. The van der Waals surface area contributed by atoms with Crippen LogP contribution in [0.25, 0.3) is 0 Å².